The summed E-state index contributed by atoms with van der Waals surface area (Å²) in [6.45, 7) is 4.19. The number of likely N-dealkylation sites (tertiary alicyclic amines) is 1. The molecular weight excluding hydrogens is 304 g/mol. The van der Waals surface area contributed by atoms with Crippen LogP contribution >= 0.6 is 0 Å². The van der Waals surface area contributed by atoms with Crippen molar-refractivity contribution in [3.8, 4) is 16.9 Å². The van der Waals surface area contributed by atoms with E-state index in [-0.39, 0.29) is 16.7 Å². The van der Waals surface area contributed by atoms with Crippen molar-refractivity contribution in [2.24, 2.45) is 0 Å². The van der Waals surface area contributed by atoms with Crippen LogP contribution in [0.2, 0.25) is 0 Å². The summed E-state index contributed by atoms with van der Waals surface area (Å²) in [7, 11) is 2.14. The number of benzene rings is 2. The molecule has 126 valence electrons. The molecule has 1 saturated heterocycles. The first-order valence-electron chi connectivity index (χ1n) is 8.23. The van der Waals surface area contributed by atoms with Gasteiger partial charge < -0.3 is 9.64 Å². The zero-order valence-corrected chi connectivity index (χ0v) is 14.1. The standard InChI is InChI=1S/C19H22N2O3/c1-14-13-16(15-3-6-17(7-4-15)21(22)23)5-8-19(14)24-18-9-11-20(2)12-10-18/h3-8,13,18H,9-12H2,1-2H3. The highest BCUT2D eigenvalue weighted by Gasteiger charge is 2.18. The Bertz CT molecular complexity index is 720. The largest absolute Gasteiger partial charge is 0.490 e. The maximum Gasteiger partial charge on any atom is 0.269 e. The van der Waals surface area contributed by atoms with Crippen molar-refractivity contribution in [2.45, 2.75) is 25.9 Å². The van der Waals surface area contributed by atoms with E-state index in [1.807, 2.05) is 19.1 Å². The van der Waals surface area contributed by atoms with Gasteiger partial charge in [-0.2, -0.15) is 0 Å². The Labute approximate surface area is 142 Å². The number of non-ortho nitro benzene ring substituents is 1. The summed E-state index contributed by atoms with van der Waals surface area (Å²) in [6.07, 6.45) is 2.39. The van der Waals surface area contributed by atoms with Crippen molar-refractivity contribution in [3.63, 3.8) is 0 Å². The van der Waals surface area contributed by atoms with Gasteiger partial charge in [0.2, 0.25) is 0 Å². The number of piperidine rings is 1. The molecule has 0 aromatic heterocycles. The molecule has 0 amide bonds. The van der Waals surface area contributed by atoms with Gasteiger partial charge >= 0.3 is 0 Å². The average Bonchev–Trinajstić information content (AvgIpc) is 2.58. The fourth-order valence-electron chi connectivity index (χ4n) is 3.02. The van der Waals surface area contributed by atoms with E-state index >= 15 is 0 Å². The molecule has 0 saturated carbocycles. The van der Waals surface area contributed by atoms with Gasteiger partial charge in [0.15, 0.2) is 0 Å². The molecule has 1 aliphatic rings. The first-order chi connectivity index (χ1) is 11.5. The summed E-state index contributed by atoms with van der Waals surface area (Å²) < 4.78 is 6.16. The van der Waals surface area contributed by atoms with Crippen LogP contribution in [0.5, 0.6) is 5.75 Å². The van der Waals surface area contributed by atoms with Gasteiger partial charge in [0, 0.05) is 25.2 Å². The molecule has 0 atom stereocenters. The third kappa shape index (κ3) is 3.74. The van der Waals surface area contributed by atoms with Gasteiger partial charge in [0.1, 0.15) is 11.9 Å². The monoisotopic (exact) mass is 326 g/mol. The van der Waals surface area contributed by atoms with E-state index in [1.54, 1.807) is 12.1 Å². The molecule has 5 heteroatoms. The second kappa shape index (κ2) is 7.01. The number of ether oxygens (including phenoxy) is 1. The summed E-state index contributed by atoms with van der Waals surface area (Å²) in [6, 6.07) is 12.7. The molecule has 0 N–H and O–H groups in total. The van der Waals surface area contributed by atoms with Crippen molar-refractivity contribution in [1.29, 1.82) is 0 Å². The third-order valence-corrected chi connectivity index (χ3v) is 4.55. The molecule has 3 rings (SSSR count). The minimum Gasteiger partial charge on any atom is -0.490 e. The Morgan fingerprint density at radius 3 is 2.29 bits per heavy atom. The molecule has 5 nitrogen and oxygen atoms in total. The van der Waals surface area contributed by atoms with Crippen LogP contribution in [0.1, 0.15) is 18.4 Å². The molecule has 0 radical (unpaired) electrons. The van der Waals surface area contributed by atoms with Crippen LogP contribution in [0, 0.1) is 17.0 Å². The van der Waals surface area contributed by atoms with Crippen molar-refractivity contribution >= 4 is 5.69 Å². The second-order valence-electron chi connectivity index (χ2n) is 6.40. The van der Waals surface area contributed by atoms with E-state index in [0.717, 1.165) is 48.4 Å². The van der Waals surface area contributed by atoms with Crippen LogP contribution in [0.3, 0.4) is 0 Å². The first kappa shape index (κ1) is 16.5. The molecule has 2 aromatic rings. The van der Waals surface area contributed by atoms with Gasteiger partial charge in [-0.3, -0.25) is 10.1 Å². The maximum absolute atomic E-state index is 10.7. The quantitative estimate of drug-likeness (QED) is 0.628. The van der Waals surface area contributed by atoms with Gasteiger partial charge in [0.25, 0.3) is 5.69 Å². The molecule has 0 unspecified atom stereocenters. The van der Waals surface area contributed by atoms with E-state index in [9.17, 15) is 10.1 Å². The lowest BCUT2D eigenvalue weighted by atomic mass is 10.0. The summed E-state index contributed by atoms with van der Waals surface area (Å²) >= 11 is 0. The van der Waals surface area contributed by atoms with Crippen molar-refractivity contribution in [1.82, 2.24) is 4.90 Å². The summed E-state index contributed by atoms with van der Waals surface area (Å²) in [4.78, 5) is 12.7. The van der Waals surface area contributed by atoms with E-state index in [0.29, 0.717) is 0 Å². The number of hydrogen-bond acceptors (Lipinski definition) is 4. The van der Waals surface area contributed by atoms with Gasteiger partial charge in [-0.05, 0) is 67.8 Å². The van der Waals surface area contributed by atoms with Gasteiger partial charge in [-0.25, -0.2) is 0 Å². The zero-order valence-electron chi connectivity index (χ0n) is 14.1. The van der Waals surface area contributed by atoms with Crippen molar-refractivity contribution in [3.05, 3.63) is 58.1 Å². The fourth-order valence-corrected chi connectivity index (χ4v) is 3.02. The highest BCUT2D eigenvalue weighted by Crippen LogP contribution is 2.29. The zero-order chi connectivity index (χ0) is 17.1. The van der Waals surface area contributed by atoms with E-state index < -0.39 is 0 Å². The van der Waals surface area contributed by atoms with Crippen LogP contribution in [0.15, 0.2) is 42.5 Å². The van der Waals surface area contributed by atoms with Crippen molar-refractivity contribution < 1.29 is 9.66 Å². The van der Waals surface area contributed by atoms with E-state index in [2.05, 4.69) is 18.0 Å². The van der Waals surface area contributed by atoms with Gasteiger partial charge in [0.05, 0.1) is 4.92 Å². The van der Waals surface area contributed by atoms with Crippen LogP contribution in [0.25, 0.3) is 11.1 Å². The number of nitro groups is 1. The molecule has 1 fully saturated rings. The number of rotatable bonds is 4. The smallest absolute Gasteiger partial charge is 0.269 e. The molecular formula is C19H22N2O3. The van der Waals surface area contributed by atoms with Crippen LogP contribution in [-0.2, 0) is 0 Å². The minimum atomic E-state index is -0.381. The van der Waals surface area contributed by atoms with E-state index in [1.165, 1.54) is 12.1 Å². The third-order valence-electron chi connectivity index (χ3n) is 4.55. The fraction of sp³-hybridized carbons (Fsp3) is 0.368. The Balaban J connectivity index is 1.73. The SMILES string of the molecule is Cc1cc(-c2ccc([N+](=O)[O-])cc2)ccc1OC1CCN(C)CC1. The van der Waals surface area contributed by atoms with Gasteiger partial charge in [-0.15, -0.1) is 0 Å². The van der Waals surface area contributed by atoms with E-state index in [4.69, 9.17) is 4.74 Å². The van der Waals surface area contributed by atoms with Crippen molar-refractivity contribution in [2.75, 3.05) is 20.1 Å². The Morgan fingerprint density at radius 2 is 1.71 bits per heavy atom. The molecule has 2 aromatic carbocycles. The summed E-state index contributed by atoms with van der Waals surface area (Å²) in [5.74, 6) is 0.926. The highest BCUT2D eigenvalue weighted by atomic mass is 16.6. The average molecular weight is 326 g/mol. The molecule has 1 heterocycles. The molecule has 1 aliphatic heterocycles. The topological polar surface area (TPSA) is 55.6 Å². The first-order valence-corrected chi connectivity index (χ1v) is 8.23. The van der Waals surface area contributed by atoms with Crippen LogP contribution < -0.4 is 4.74 Å². The lowest BCUT2D eigenvalue weighted by molar-refractivity contribution is -0.384. The minimum absolute atomic E-state index is 0.109. The van der Waals surface area contributed by atoms with Crippen LogP contribution in [-0.4, -0.2) is 36.1 Å². The number of hydrogen-bond donors (Lipinski definition) is 0. The van der Waals surface area contributed by atoms with Crippen LogP contribution in [0.4, 0.5) is 5.69 Å². The molecule has 24 heavy (non-hydrogen) atoms. The Morgan fingerprint density at radius 1 is 1.08 bits per heavy atom. The lowest BCUT2D eigenvalue weighted by Crippen LogP contribution is -2.35. The maximum atomic E-state index is 10.7. The number of aryl methyl sites for hydroxylation is 1. The number of nitrogens with zero attached hydrogens (tertiary/aromatic N) is 2. The predicted molar refractivity (Wildman–Crippen MR) is 94.4 cm³/mol. The summed E-state index contributed by atoms with van der Waals surface area (Å²) in [5, 5.41) is 10.7. The predicted octanol–water partition coefficient (Wildman–Crippen LogP) is 4.04. The number of nitro benzene ring substituents is 1. The van der Waals surface area contributed by atoms with Gasteiger partial charge in [-0.1, -0.05) is 6.07 Å². The Hall–Kier alpha value is -2.40. The highest BCUT2D eigenvalue weighted by molar-refractivity contribution is 5.66. The normalized spacial score (nSPS) is 16.1. The Kier molecular flexibility index (Phi) is 4.81. The molecule has 0 bridgehead atoms. The second-order valence-corrected chi connectivity index (χ2v) is 6.40. The lowest BCUT2D eigenvalue weighted by Gasteiger charge is -2.29. The molecule has 0 aliphatic carbocycles. The molecule has 0 spiro atoms. The summed E-state index contributed by atoms with van der Waals surface area (Å²) in [5.41, 5.74) is 3.20.